The van der Waals surface area contributed by atoms with Gasteiger partial charge in [-0.2, -0.15) is 4.31 Å². The van der Waals surface area contributed by atoms with Crippen molar-refractivity contribution in [3.63, 3.8) is 0 Å². The second kappa shape index (κ2) is 6.56. The fraction of sp³-hybridized carbons (Fsp3) is 0.312. The molecule has 2 heterocycles. The summed E-state index contributed by atoms with van der Waals surface area (Å²) in [6, 6.07) is 14.8. The van der Waals surface area contributed by atoms with E-state index < -0.39 is 10.0 Å². The van der Waals surface area contributed by atoms with Crippen molar-refractivity contribution in [1.29, 1.82) is 0 Å². The first-order chi connectivity index (χ1) is 10.6. The van der Waals surface area contributed by atoms with Gasteiger partial charge < -0.3 is 4.74 Å². The van der Waals surface area contributed by atoms with Crippen molar-refractivity contribution in [1.82, 2.24) is 9.29 Å². The molecular formula is C16H18N2O3S. The number of hydrogen-bond donors (Lipinski definition) is 0. The molecule has 22 heavy (non-hydrogen) atoms. The zero-order chi connectivity index (χ0) is 15.4. The highest BCUT2D eigenvalue weighted by Crippen LogP contribution is 2.23. The first-order valence-electron chi connectivity index (χ1n) is 7.19. The van der Waals surface area contributed by atoms with E-state index in [1.165, 1.54) is 4.31 Å². The maximum Gasteiger partial charge on any atom is 0.218 e. The molecule has 6 heteroatoms. The maximum atomic E-state index is 12.6. The number of pyridine rings is 1. The van der Waals surface area contributed by atoms with Crippen LogP contribution in [0.1, 0.15) is 17.4 Å². The van der Waals surface area contributed by atoms with E-state index in [9.17, 15) is 8.42 Å². The number of morpholine rings is 1. The number of rotatable bonds is 4. The van der Waals surface area contributed by atoms with Gasteiger partial charge in [-0.1, -0.05) is 36.4 Å². The van der Waals surface area contributed by atoms with E-state index >= 15 is 0 Å². The molecule has 3 rings (SSSR count). The van der Waals surface area contributed by atoms with E-state index in [2.05, 4.69) is 4.98 Å². The summed E-state index contributed by atoms with van der Waals surface area (Å²) in [6.45, 7) is 1.08. The maximum absolute atomic E-state index is 12.6. The third-order valence-corrected chi connectivity index (χ3v) is 5.45. The Morgan fingerprint density at radius 1 is 1.14 bits per heavy atom. The molecule has 0 radical (unpaired) electrons. The van der Waals surface area contributed by atoms with Gasteiger partial charge in [-0.3, -0.25) is 4.98 Å². The monoisotopic (exact) mass is 318 g/mol. The van der Waals surface area contributed by atoms with Crippen LogP contribution < -0.4 is 0 Å². The number of aromatic nitrogens is 1. The summed E-state index contributed by atoms with van der Waals surface area (Å²) in [7, 11) is -3.35. The first kappa shape index (κ1) is 15.1. The summed E-state index contributed by atoms with van der Waals surface area (Å²) in [5.41, 5.74) is 1.56. The molecule has 1 atom stereocenters. The second-order valence-electron chi connectivity index (χ2n) is 5.21. The van der Waals surface area contributed by atoms with Crippen LogP contribution in [0.2, 0.25) is 0 Å². The van der Waals surface area contributed by atoms with E-state index in [1.54, 1.807) is 6.20 Å². The summed E-state index contributed by atoms with van der Waals surface area (Å²) in [4.78, 5) is 4.26. The van der Waals surface area contributed by atoms with E-state index in [-0.39, 0.29) is 11.9 Å². The zero-order valence-corrected chi connectivity index (χ0v) is 12.9. The van der Waals surface area contributed by atoms with E-state index in [0.717, 1.165) is 11.3 Å². The van der Waals surface area contributed by atoms with Crippen LogP contribution in [0.4, 0.5) is 0 Å². The Kier molecular flexibility index (Phi) is 4.52. The summed E-state index contributed by atoms with van der Waals surface area (Å²) in [5, 5.41) is 0. The standard InChI is InChI=1S/C16H18N2O3S/c19-22(20,13-14-6-2-1-3-7-14)18-10-11-21-16(12-18)15-8-4-5-9-17-15/h1-9,16H,10-13H2/t16-/m0/s1. The highest BCUT2D eigenvalue weighted by Gasteiger charge is 2.30. The van der Waals surface area contributed by atoms with Crippen LogP contribution in [0.5, 0.6) is 0 Å². The van der Waals surface area contributed by atoms with Crippen LogP contribution in [0.25, 0.3) is 0 Å². The Morgan fingerprint density at radius 2 is 1.91 bits per heavy atom. The Hall–Kier alpha value is -1.76. The molecule has 0 amide bonds. The molecule has 1 saturated heterocycles. The fourth-order valence-electron chi connectivity index (χ4n) is 2.50. The quantitative estimate of drug-likeness (QED) is 0.865. The van der Waals surface area contributed by atoms with Gasteiger partial charge in [0.15, 0.2) is 0 Å². The largest absolute Gasteiger partial charge is 0.369 e. The lowest BCUT2D eigenvalue weighted by molar-refractivity contribution is -0.00498. The number of sulfonamides is 1. The van der Waals surface area contributed by atoms with Crippen LogP contribution >= 0.6 is 0 Å². The minimum atomic E-state index is -3.35. The van der Waals surface area contributed by atoms with E-state index in [4.69, 9.17) is 4.74 Å². The predicted octanol–water partition coefficient (Wildman–Crippen LogP) is 1.98. The zero-order valence-electron chi connectivity index (χ0n) is 12.1. The van der Waals surface area contributed by atoms with Gasteiger partial charge in [0, 0.05) is 19.3 Å². The summed E-state index contributed by atoms with van der Waals surface area (Å²) in [5.74, 6) is 0.0166. The molecule has 1 aliphatic rings. The summed E-state index contributed by atoms with van der Waals surface area (Å²) >= 11 is 0. The van der Waals surface area contributed by atoms with Crippen molar-refractivity contribution < 1.29 is 13.2 Å². The summed E-state index contributed by atoms with van der Waals surface area (Å²) in [6.07, 6.45) is 1.39. The van der Waals surface area contributed by atoms with Crippen molar-refractivity contribution in [2.75, 3.05) is 19.7 Å². The molecule has 116 valence electrons. The van der Waals surface area contributed by atoms with Gasteiger partial charge in [-0.25, -0.2) is 8.42 Å². The molecule has 1 fully saturated rings. The van der Waals surface area contributed by atoms with Crippen molar-refractivity contribution in [2.45, 2.75) is 11.9 Å². The molecule has 1 aliphatic heterocycles. The molecular weight excluding hydrogens is 300 g/mol. The average Bonchev–Trinajstić information content (AvgIpc) is 2.56. The van der Waals surface area contributed by atoms with E-state index in [1.807, 2.05) is 48.5 Å². The molecule has 0 spiro atoms. The van der Waals surface area contributed by atoms with Crippen molar-refractivity contribution in [3.8, 4) is 0 Å². The van der Waals surface area contributed by atoms with Gasteiger partial charge in [-0.15, -0.1) is 0 Å². The Bertz CT molecular complexity index is 705. The molecule has 0 unspecified atom stereocenters. The third kappa shape index (κ3) is 3.52. The molecule has 5 nitrogen and oxygen atoms in total. The van der Waals surface area contributed by atoms with Crippen LogP contribution in [0.3, 0.4) is 0 Å². The molecule has 2 aromatic rings. The molecule has 0 bridgehead atoms. The first-order valence-corrected chi connectivity index (χ1v) is 8.80. The van der Waals surface area contributed by atoms with Crippen LogP contribution in [-0.2, 0) is 20.5 Å². The highest BCUT2D eigenvalue weighted by atomic mass is 32.2. The number of hydrogen-bond acceptors (Lipinski definition) is 4. The van der Waals surface area contributed by atoms with Crippen molar-refractivity contribution in [2.24, 2.45) is 0 Å². The topological polar surface area (TPSA) is 59.5 Å². The minimum Gasteiger partial charge on any atom is -0.369 e. The number of ether oxygens (including phenoxy) is 1. The molecule has 0 aliphatic carbocycles. The van der Waals surface area contributed by atoms with Crippen LogP contribution in [0, 0.1) is 0 Å². The van der Waals surface area contributed by atoms with Gasteiger partial charge in [0.2, 0.25) is 10.0 Å². The summed E-state index contributed by atoms with van der Waals surface area (Å²) < 4.78 is 32.3. The van der Waals surface area contributed by atoms with Crippen LogP contribution in [0.15, 0.2) is 54.7 Å². The Balaban J connectivity index is 1.74. The van der Waals surface area contributed by atoms with Gasteiger partial charge in [-0.05, 0) is 17.7 Å². The Morgan fingerprint density at radius 3 is 2.64 bits per heavy atom. The minimum absolute atomic E-state index is 0.0166. The van der Waals surface area contributed by atoms with E-state index in [0.29, 0.717) is 19.7 Å². The fourth-order valence-corrected chi connectivity index (χ4v) is 4.01. The molecule has 1 aromatic carbocycles. The van der Waals surface area contributed by atoms with Crippen molar-refractivity contribution >= 4 is 10.0 Å². The smallest absolute Gasteiger partial charge is 0.218 e. The highest BCUT2D eigenvalue weighted by molar-refractivity contribution is 7.88. The molecule has 0 saturated carbocycles. The average molecular weight is 318 g/mol. The number of nitrogens with zero attached hydrogens (tertiary/aromatic N) is 2. The van der Waals surface area contributed by atoms with Gasteiger partial charge in [0.1, 0.15) is 6.10 Å². The molecule has 1 aromatic heterocycles. The normalized spacial score (nSPS) is 19.9. The van der Waals surface area contributed by atoms with Gasteiger partial charge >= 0.3 is 0 Å². The van der Waals surface area contributed by atoms with Gasteiger partial charge in [0.25, 0.3) is 0 Å². The van der Waals surface area contributed by atoms with Gasteiger partial charge in [0.05, 0.1) is 18.1 Å². The Labute approximate surface area is 130 Å². The third-order valence-electron chi connectivity index (χ3n) is 3.63. The van der Waals surface area contributed by atoms with Crippen molar-refractivity contribution in [3.05, 3.63) is 66.0 Å². The molecule has 0 N–H and O–H groups in total. The predicted molar refractivity (Wildman–Crippen MR) is 83.6 cm³/mol. The number of benzene rings is 1. The lowest BCUT2D eigenvalue weighted by Crippen LogP contribution is -2.42. The SMILES string of the molecule is O=S(=O)(Cc1ccccc1)N1CCO[C@H](c2ccccn2)C1. The lowest BCUT2D eigenvalue weighted by Gasteiger charge is -2.31. The lowest BCUT2D eigenvalue weighted by atomic mass is 10.2. The van der Waals surface area contributed by atoms with Crippen LogP contribution in [-0.4, -0.2) is 37.4 Å². The second-order valence-corrected chi connectivity index (χ2v) is 7.18.